The Labute approximate surface area is 173 Å². The second-order valence-corrected chi connectivity index (χ2v) is 9.13. The van der Waals surface area contributed by atoms with Crippen molar-refractivity contribution in [3.05, 3.63) is 63.9 Å². The zero-order valence-corrected chi connectivity index (χ0v) is 17.9. The standard InChI is InChI=1S/C19H21ClFN5O2S/c1-10-14(21)6-8-16(23-10)25-17(13-9-12(20)5-7-15(13)28-3)18-24-11(2)19(26-18)29(4,22)27/h5-9,17,22H,1-4H3,(H,23,25)(H,24,26)/t17?,29-/m1/s1. The van der Waals surface area contributed by atoms with Crippen LogP contribution in [-0.4, -0.2) is 32.5 Å². The molecule has 2 aromatic heterocycles. The molecular formula is C19H21ClFN5O2S. The van der Waals surface area contributed by atoms with Gasteiger partial charge in [-0.05, 0) is 44.2 Å². The molecule has 7 nitrogen and oxygen atoms in total. The van der Waals surface area contributed by atoms with E-state index in [9.17, 15) is 8.60 Å². The van der Waals surface area contributed by atoms with Crippen molar-refractivity contribution in [3.8, 4) is 5.75 Å². The molecule has 3 rings (SSSR count). The van der Waals surface area contributed by atoms with Gasteiger partial charge in [0.1, 0.15) is 29.3 Å². The summed E-state index contributed by atoms with van der Waals surface area (Å²) in [7, 11) is -1.50. The van der Waals surface area contributed by atoms with Crippen LogP contribution in [0.25, 0.3) is 0 Å². The lowest BCUT2D eigenvalue weighted by Gasteiger charge is -2.21. The van der Waals surface area contributed by atoms with Gasteiger partial charge in [0, 0.05) is 22.5 Å². The topological polar surface area (TPSA) is 104 Å². The molecule has 1 unspecified atom stereocenters. The molecule has 10 heteroatoms. The van der Waals surface area contributed by atoms with Gasteiger partial charge in [-0.15, -0.1) is 0 Å². The van der Waals surface area contributed by atoms with E-state index in [1.54, 1.807) is 32.0 Å². The molecule has 0 spiro atoms. The Morgan fingerprint density at radius 2 is 2.00 bits per heavy atom. The van der Waals surface area contributed by atoms with Gasteiger partial charge < -0.3 is 15.0 Å². The lowest BCUT2D eigenvalue weighted by Crippen LogP contribution is -2.16. The van der Waals surface area contributed by atoms with Gasteiger partial charge in [0.2, 0.25) is 0 Å². The fourth-order valence-corrected chi connectivity index (χ4v) is 4.07. The van der Waals surface area contributed by atoms with Crippen LogP contribution in [0.4, 0.5) is 10.2 Å². The number of ether oxygens (including phenoxy) is 1. The monoisotopic (exact) mass is 437 g/mol. The Morgan fingerprint density at radius 1 is 1.28 bits per heavy atom. The third-order valence-electron chi connectivity index (χ3n) is 4.32. The van der Waals surface area contributed by atoms with Crippen molar-refractivity contribution in [2.45, 2.75) is 24.9 Å². The second-order valence-electron chi connectivity index (χ2n) is 6.62. The number of aromatic nitrogens is 3. The maximum atomic E-state index is 13.6. The van der Waals surface area contributed by atoms with Crippen LogP contribution in [0.15, 0.2) is 35.4 Å². The highest BCUT2D eigenvalue weighted by atomic mass is 35.5. The lowest BCUT2D eigenvalue weighted by molar-refractivity contribution is 0.408. The summed E-state index contributed by atoms with van der Waals surface area (Å²) in [5.74, 6) is 0.950. The van der Waals surface area contributed by atoms with Crippen molar-refractivity contribution >= 4 is 27.1 Å². The molecule has 2 atom stereocenters. The van der Waals surface area contributed by atoms with E-state index in [0.717, 1.165) is 0 Å². The molecule has 0 amide bonds. The summed E-state index contributed by atoms with van der Waals surface area (Å²) in [5.41, 5.74) is 1.42. The number of H-pyrrole nitrogens is 1. The van der Waals surface area contributed by atoms with Crippen molar-refractivity contribution in [2.24, 2.45) is 0 Å². The number of nitrogens with one attached hydrogen (secondary N) is 3. The zero-order valence-electron chi connectivity index (χ0n) is 16.3. The van der Waals surface area contributed by atoms with Gasteiger partial charge in [-0.25, -0.2) is 23.3 Å². The first-order valence-corrected chi connectivity index (χ1v) is 11.0. The Balaban J connectivity index is 2.17. The number of imidazole rings is 1. The molecule has 2 heterocycles. The molecule has 0 aliphatic rings. The summed E-state index contributed by atoms with van der Waals surface area (Å²) in [6.45, 7) is 3.27. The lowest BCUT2D eigenvalue weighted by atomic mass is 10.0. The van der Waals surface area contributed by atoms with E-state index >= 15 is 0 Å². The zero-order chi connectivity index (χ0) is 21.3. The largest absolute Gasteiger partial charge is 0.496 e. The number of hydrogen-bond donors (Lipinski definition) is 3. The third kappa shape index (κ3) is 4.51. The molecular weight excluding hydrogens is 417 g/mol. The minimum Gasteiger partial charge on any atom is -0.496 e. The normalized spacial score (nSPS) is 14.3. The molecule has 154 valence electrons. The van der Waals surface area contributed by atoms with Gasteiger partial charge in [-0.1, -0.05) is 11.6 Å². The molecule has 0 aliphatic heterocycles. The summed E-state index contributed by atoms with van der Waals surface area (Å²) in [6, 6.07) is 7.34. The van der Waals surface area contributed by atoms with E-state index in [2.05, 4.69) is 20.3 Å². The number of benzene rings is 1. The highest BCUT2D eigenvalue weighted by Gasteiger charge is 2.25. The maximum Gasteiger partial charge on any atom is 0.156 e. The summed E-state index contributed by atoms with van der Waals surface area (Å²) >= 11 is 6.21. The predicted octanol–water partition coefficient (Wildman–Crippen LogP) is 4.46. The summed E-state index contributed by atoms with van der Waals surface area (Å²) in [4.78, 5) is 11.7. The average molecular weight is 438 g/mol. The molecule has 3 aromatic rings. The first-order chi connectivity index (χ1) is 13.6. The molecule has 1 aromatic carbocycles. The van der Waals surface area contributed by atoms with Crippen LogP contribution < -0.4 is 10.1 Å². The number of aromatic amines is 1. The summed E-state index contributed by atoms with van der Waals surface area (Å²) in [5, 5.41) is 3.86. The van der Waals surface area contributed by atoms with Gasteiger partial charge in [-0.2, -0.15) is 0 Å². The molecule has 0 aliphatic carbocycles. The SMILES string of the molecule is COc1ccc(Cl)cc1C(Nc1ccc(F)c(C)n1)c1nc([S@](C)(=N)=O)c(C)[nH]1. The summed E-state index contributed by atoms with van der Waals surface area (Å²) in [6.07, 6.45) is 1.31. The van der Waals surface area contributed by atoms with Gasteiger partial charge >= 0.3 is 0 Å². The van der Waals surface area contributed by atoms with E-state index in [4.69, 9.17) is 21.1 Å². The van der Waals surface area contributed by atoms with E-state index in [-0.39, 0.29) is 10.7 Å². The van der Waals surface area contributed by atoms with Crippen molar-refractivity contribution in [1.82, 2.24) is 15.0 Å². The van der Waals surface area contributed by atoms with E-state index in [1.807, 2.05) is 0 Å². The Bertz CT molecular complexity index is 1160. The molecule has 3 N–H and O–H groups in total. The molecule has 0 fully saturated rings. The molecule has 0 saturated carbocycles. The van der Waals surface area contributed by atoms with Crippen LogP contribution in [0.5, 0.6) is 5.75 Å². The number of anilines is 1. The fraction of sp³-hybridized carbons (Fsp3) is 0.263. The fourth-order valence-electron chi connectivity index (χ4n) is 2.98. The third-order valence-corrected chi connectivity index (χ3v) is 5.69. The maximum absolute atomic E-state index is 13.6. The Hall–Kier alpha value is -2.65. The van der Waals surface area contributed by atoms with Crippen molar-refractivity contribution in [2.75, 3.05) is 18.7 Å². The van der Waals surface area contributed by atoms with E-state index in [0.29, 0.717) is 33.7 Å². The quantitative estimate of drug-likeness (QED) is 0.528. The minimum atomic E-state index is -3.03. The minimum absolute atomic E-state index is 0.170. The number of hydrogen-bond acceptors (Lipinski definition) is 6. The van der Waals surface area contributed by atoms with Gasteiger partial charge in [0.15, 0.2) is 5.03 Å². The number of halogens is 2. The van der Waals surface area contributed by atoms with Crippen molar-refractivity contribution in [3.63, 3.8) is 0 Å². The van der Waals surface area contributed by atoms with Crippen LogP contribution in [0.2, 0.25) is 5.02 Å². The number of pyridine rings is 1. The first kappa shape index (κ1) is 21.1. The average Bonchev–Trinajstić information content (AvgIpc) is 3.04. The van der Waals surface area contributed by atoms with Crippen molar-refractivity contribution in [1.29, 1.82) is 4.78 Å². The first-order valence-electron chi connectivity index (χ1n) is 8.63. The van der Waals surface area contributed by atoms with Crippen LogP contribution in [0.1, 0.15) is 28.8 Å². The highest BCUT2D eigenvalue weighted by molar-refractivity contribution is 7.91. The molecule has 29 heavy (non-hydrogen) atoms. The van der Waals surface area contributed by atoms with Crippen LogP contribution >= 0.6 is 11.6 Å². The van der Waals surface area contributed by atoms with Gasteiger partial charge in [-0.3, -0.25) is 0 Å². The predicted molar refractivity (Wildman–Crippen MR) is 111 cm³/mol. The second kappa shape index (κ2) is 8.00. The number of rotatable bonds is 6. The Kier molecular flexibility index (Phi) is 5.81. The smallest absolute Gasteiger partial charge is 0.156 e. The molecule has 0 bridgehead atoms. The molecule has 0 radical (unpaired) electrons. The van der Waals surface area contributed by atoms with Gasteiger partial charge in [0.05, 0.1) is 22.5 Å². The number of nitrogens with zero attached hydrogens (tertiary/aromatic N) is 2. The number of aryl methyl sites for hydroxylation is 2. The highest BCUT2D eigenvalue weighted by Crippen LogP contribution is 2.34. The van der Waals surface area contributed by atoms with E-state index in [1.165, 1.54) is 25.5 Å². The Morgan fingerprint density at radius 3 is 2.59 bits per heavy atom. The van der Waals surface area contributed by atoms with Crippen LogP contribution in [0.3, 0.4) is 0 Å². The number of methoxy groups -OCH3 is 1. The van der Waals surface area contributed by atoms with Crippen molar-refractivity contribution < 1.29 is 13.3 Å². The van der Waals surface area contributed by atoms with Crippen LogP contribution in [0, 0.1) is 24.4 Å². The summed E-state index contributed by atoms with van der Waals surface area (Å²) < 4.78 is 39.3. The molecule has 0 saturated heterocycles. The van der Waals surface area contributed by atoms with Crippen LogP contribution in [-0.2, 0) is 9.73 Å². The van der Waals surface area contributed by atoms with E-state index < -0.39 is 21.6 Å². The van der Waals surface area contributed by atoms with Gasteiger partial charge in [0.25, 0.3) is 0 Å².